The molecule has 0 saturated carbocycles. The molecule has 6 nitrogen and oxygen atoms in total. The topological polar surface area (TPSA) is 69.6 Å². The third kappa shape index (κ3) is 4.27. The number of benzene rings is 1. The zero-order chi connectivity index (χ0) is 21.1. The number of amides is 1. The summed E-state index contributed by atoms with van der Waals surface area (Å²) < 4.78 is 14.3. The van der Waals surface area contributed by atoms with Gasteiger partial charge in [-0.2, -0.15) is 0 Å². The molecule has 1 aromatic carbocycles. The van der Waals surface area contributed by atoms with Crippen molar-refractivity contribution in [1.82, 2.24) is 9.88 Å². The van der Waals surface area contributed by atoms with Crippen molar-refractivity contribution in [1.29, 1.82) is 0 Å². The lowest BCUT2D eigenvalue weighted by Crippen LogP contribution is -2.37. The van der Waals surface area contributed by atoms with E-state index in [2.05, 4.69) is 5.32 Å². The molecule has 2 unspecified atom stereocenters. The highest BCUT2D eigenvalue weighted by Gasteiger charge is 2.29. The van der Waals surface area contributed by atoms with Gasteiger partial charge in [-0.3, -0.25) is 4.79 Å². The second kappa shape index (κ2) is 9.02. The van der Waals surface area contributed by atoms with Crippen LogP contribution in [0, 0.1) is 0 Å². The van der Waals surface area contributed by atoms with Crippen molar-refractivity contribution in [2.75, 3.05) is 13.2 Å². The first kappa shape index (κ1) is 20.6. The highest BCUT2D eigenvalue weighted by molar-refractivity contribution is 7.17. The van der Waals surface area contributed by atoms with E-state index in [0.717, 1.165) is 29.7 Å². The molecule has 1 N–H and O–H groups in total. The zero-order valence-electron chi connectivity index (χ0n) is 17.2. The summed E-state index contributed by atoms with van der Waals surface area (Å²) in [6.07, 6.45) is 0.926. The standard InChI is InChI=1S/C23H26N2O4S/c1-15(2)25-18-10-12-30-20(18)13-19(25)23(27)29-21(16-7-4-3-5-8-16)22(26)24-14-17-9-6-11-28-17/h3-5,7-8,10,12-13,15,17,21H,6,9,11,14H2,1-2H3,(H,24,26). The zero-order valence-corrected chi connectivity index (χ0v) is 18.0. The number of thiophene rings is 1. The molecule has 0 aliphatic carbocycles. The Morgan fingerprint density at radius 3 is 2.77 bits per heavy atom. The first-order valence-corrected chi connectivity index (χ1v) is 11.2. The third-order valence-corrected chi connectivity index (χ3v) is 6.13. The van der Waals surface area contributed by atoms with Crippen molar-refractivity contribution < 1.29 is 19.1 Å². The second-order valence-corrected chi connectivity index (χ2v) is 8.69. The fourth-order valence-corrected chi connectivity index (χ4v) is 4.65. The van der Waals surface area contributed by atoms with Crippen LogP contribution in [-0.4, -0.2) is 35.7 Å². The molecular formula is C23H26N2O4S. The number of rotatable bonds is 7. The van der Waals surface area contributed by atoms with Crippen LogP contribution in [0.15, 0.2) is 47.8 Å². The van der Waals surface area contributed by atoms with Gasteiger partial charge in [0.1, 0.15) is 5.69 Å². The maximum absolute atomic E-state index is 13.1. The largest absolute Gasteiger partial charge is 0.443 e. The molecule has 1 aliphatic heterocycles. The number of esters is 1. The number of fused-ring (bicyclic) bond motifs is 1. The van der Waals surface area contributed by atoms with E-state index in [0.29, 0.717) is 17.8 Å². The molecule has 0 bridgehead atoms. The Hall–Kier alpha value is -2.64. The van der Waals surface area contributed by atoms with Gasteiger partial charge in [0.2, 0.25) is 6.10 Å². The summed E-state index contributed by atoms with van der Waals surface area (Å²) in [4.78, 5) is 26.1. The average molecular weight is 427 g/mol. The van der Waals surface area contributed by atoms with Crippen LogP contribution in [-0.2, 0) is 14.3 Å². The summed E-state index contributed by atoms with van der Waals surface area (Å²) >= 11 is 1.58. The number of carbonyl (C=O) groups excluding carboxylic acids is 2. The van der Waals surface area contributed by atoms with Crippen LogP contribution in [0.5, 0.6) is 0 Å². The van der Waals surface area contributed by atoms with E-state index in [1.807, 2.05) is 54.1 Å². The van der Waals surface area contributed by atoms with Crippen LogP contribution in [0.1, 0.15) is 54.9 Å². The van der Waals surface area contributed by atoms with Crippen molar-refractivity contribution in [2.24, 2.45) is 0 Å². The van der Waals surface area contributed by atoms with Crippen LogP contribution < -0.4 is 5.32 Å². The molecule has 4 rings (SSSR count). The molecule has 158 valence electrons. The van der Waals surface area contributed by atoms with Crippen LogP contribution in [0.4, 0.5) is 0 Å². The normalized spacial score (nSPS) is 17.4. The first-order chi connectivity index (χ1) is 14.5. The number of carbonyl (C=O) groups is 2. The molecule has 1 amide bonds. The Morgan fingerprint density at radius 2 is 2.07 bits per heavy atom. The van der Waals surface area contributed by atoms with Gasteiger partial charge in [-0.1, -0.05) is 30.3 Å². The van der Waals surface area contributed by atoms with Gasteiger partial charge >= 0.3 is 5.97 Å². The summed E-state index contributed by atoms with van der Waals surface area (Å²) in [6, 6.07) is 13.0. The predicted octanol–water partition coefficient (Wildman–Crippen LogP) is 4.48. The minimum Gasteiger partial charge on any atom is -0.443 e. The van der Waals surface area contributed by atoms with Gasteiger partial charge in [-0.15, -0.1) is 11.3 Å². The number of ether oxygens (including phenoxy) is 2. The molecule has 1 aliphatic rings. The summed E-state index contributed by atoms with van der Waals surface area (Å²) in [6.45, 7) is 5.19. The Balaban J connectivity index is 1.57. The van der Waals surface area contributed by atoms with E-state index in [1.54, 1.807) is 23.5 Å². The van der Waals surface area contributed by atoms with Crippen LogP contribution in [0.25, 0.3) is 10.2 Å². The summed E-state index contributed by atoms with van der Waals surface area (Å²) in [7, 11) is 0. The molecule has 7 heteroatoms. The van der Waals surface area contributed by atoms with E-state index in [-0.39, 0.29) is 18.1 Å². The molecule has 1 saturated heterocycles. The van der Waals surface area contributed by atoms with E-state index in [1.165, 1.54) is 0 Å². The number of nitrogens with zero attached hydrogens (tertiary/aromatic N) is 1. The third-order valence-electron chi connectivity index (χ3n) is 5.28. The average Bonchev–Trinajstić information content (AvgIpc) is 3.47. The van der Waals surface area contributed by atoms with Gasteiger partial charge in [0, 0.05) is 24.8 Å². The minimum atomic E-state index is -1.02. The van der Waals surface area contributed by atoms with E-state index < -0.39 is 12.1 Å². The highest BCUT2D eigenvalue weighted by Crippen LogP contribution is 2.30. The first-order valence-electron chi connectivity index (χ1n) is 10.3. The van der Waals surface area contributed by atoms with Crippen molar-refractivity contribution >= 4 is 33.4 Å². The van der Waals surface area contributed by atoms with E-state index in [9.17, 15) is 9.59 Å². The molecule has 3 heterocycles. The lowest BCUT2D eigenvalue weighted by Gasteiger charge is -2.20. The SMILES string of the molecule is CC(C)n1c(C(=O)OC(C(=O)NCC2CCCO2)c2ccccc2)cc2sccc21. The molecule has 30 heavy (non-hydrogen) atoms. The summed E-state index contributed by atoms with van der Waals surface area (Å²) in [5, 5.41) is 4.90. The lowest BCUT2D eigenvalue weighted by atomic mass is 10.1. The van der Waals surface area contributed by atoms with Gasteiger partial charge < -0.3 is 19.4 Å². The predicted molar refractivity (Wildman–Crippen MR) is 117 cm³/mol. The maximum Gasteiger partial charge on any atom is 0.356 e. The van der Waals surface area contributed by atoms with E-state index in [4.69, 9.17) is 9.47 Å². The maximum atomic E-state index is 13.1. The Morgan fingerprint density at radius 1 is 1.27 bits per heavy atom. The Kier molecular flexibility index (Phi) is 6.20. The smallest absolute Gasteiger partial charge is 0.356 e. The monoisotopic (exact) mass is 426 g/mol. The van der Waals surface area contributed by atoms with Crippen LogP contribution in [0.2, 0.25) is 0 Å². The van der Waals surface area contributed by atoms with Gasteiger partial charge in [-0.25, -0.2) is 4.79 Å². The lowest BCUT2D eigenvalue weighted by molar-refractivity contribution is -0.130. The van der Waals surface area contributed by atoms with Gasteiger partial charge in [0.25, 0.3) is 5.91 Å². The summed E-state index contributed by atoms with van der Waals surface area (Å²) in [5.41, 5.74) is 2.10. The summed E-state index contributed by atoms with van der Waals surface area (Å²) in [5.74, 6) is -0.845. The molecular weight excluding hydrogens is 400 g/mol. The number of hydrogen-bond donors (Lipinski definition) is 1. The number of aromatic nitrogens is 1. The molecule has 0 radical (unpaired) electrons. The highest BCUT2D eigenvalue weighted by atomic mass is 32.1. The van der Waals surface area contributed by atoms with Crippen molar-refractivity contribution in [3.63, 3.8) is 0 Å². The Bertz CT molecular complexity index is 1020. The van der Waals surface area contributed by atoms with Crippen LogP contribution in [0.3, 0.4) is 0 Å². The van der Waals surface area contributed by atoms with E-state index >= 15 is 0 Å². The van der Waals surface area contributed by atoms with Crippen LogP contribution >= 0.6 is 11.3 Å². The number of hydrogen-bond acceptors (Lipinski definition) is 5. The van der Waals surface area contributed by atoms with Gasteiger partial charge in [-0.05, 0) is 44.2 Å². The Labute approximate surface area is 179 Å². The number of nitrogens with one attached hydrogen (secondary N) is 1. The quantitative estimate of drug-likeness (QED) is 0.566. The molecule has 2 atom stereocenters. The fraction of sp³-hybridized carbons (Fsp3) is 0.391. The molecule has 3 aromatic rings. The molecule has 1 fully saturated rings. The van der Waals surface area contributed by atoms with Crippen molar-refractivity contribution in [3.05, 3.63) is 59.1 Å². The molecule has 2 aromatic heterocycles. The fourth-order valence-electron chi connectivity index (χ4n) is 3.84. The van der Waals surface area contributed by atoms with Crippen molar-refractivity contribution in [2.45, 2.75) is 44.9 Å². The minimum absolute atomic E-state index is 0.0195. The van der Waals surface area contributed by atoms with Crippen molar-refractivity contribution in [3.8, 4) is 0 Å². The van der Waals surface area contributed by atoms with Gasteiger partial charge in [0.05, 0.1) is 16.3 Å². The second-order valence-electron chi connectivity index (χ2n) is 7.74. The molecule has 0 spiro atoms. The van der Waals surface area contributed by atoms with Gasteiger partial charge in [0.15, 0.2) is 0 Å².